The van der Waals surface area contributed by atoms with Crippen molar-refractivity contribution in [2.45, 2.75) is 78.1 Å². The summed E-state index contributed by atoms with van der Waals surface area (Å²) < 4.78 is 8.48. The number of nitrogens with zero attached hydrogens (tertiary/aromatic N) is 3. The smallest absolute Gasteiger partial charge is 0.145 e. The van der Waals surface area contributed by atoms with Gasteiger partial charge in [-0.1, -0.05) is 110 Å². The summed E-state index contributed by atoms with van der Waals surface area (Å²) in [6.07, 6.45) is 2.15. The molecule has 0 bridgehead atoms. The van der Waals surface area contributed by atoms with E-state index < -0.39 is 0 Å². The Balaban J connectivity index is 1.40. The van der Waals surface area contributed by atoms with Gasteiger partial charge in [-0.2, -0.15) is 0 Å². The Kier molecular flexibility index (Phi) is 6.94. The van der Waals surface area contributed by atoms with Crippen LogP contribution in [0.2, 0.25) is 0 Å². The van der Waals surface area contributed by atoms with Crippen molar-refractivity contribution in [2.24, 2.45) is 0 Å². The SMILES string of the molecule is CC(C)c1cccc(C(C)C)c1-n1cc(-c2ccc3c(n2)-c2c(O)cccc2C(C)(C)C3(C)C)nc1-c1ccc2oc3ccccc3c2c1. The molecule has 0 radical (unpaired) electrons. The number of rotatable bonds is 5. The predicted molar refractivity (Wildman–Crippen MR) is 201 cm³/mol. The van der Waals surface area contributed by atoms with Crippen molar-refractivity contribution < 1.29 is 9.52 Å². The first-order chi connectivity index (χ1) is 23.4. The van der Waals surface area contributed by atoms with Gasteiger partial charge in [-0.05, 0) is 75.9 Å². The summed E-state index contributed by atoms with van der Waals surface area (Å²) >= 11 is 0. The van der Waals surface area contributed by atoms with E-state index in [1.807, 2.05) is 18.2 Å². The first-order valence-corrected chi connectivity index (χ1v) is 17.4. The van der Waals surface area contributed by atoms with Gasteiger partial charge >= 0.3 is 0 Å². The minimum atomic E-state index is -0.218. The summed E-state index contributed by atoms with van der Waals surface area (Å²) in [6.45, 7) is 18.1. The number of aromatic nitrogens is 3. The molecule has 5 nitrogen and oxygen atoms in total. The summed E-state index contributed by atoms with van der Waals surface area (Å²) in [5.41, 5.74) is 11.4. The van der Waals surface area contributed by atoms with E-state index in [-0.39, 0.29) is 16.6 Å². The average molecular weight is 646 g/mol. The van der Waals surface area contributed by atoms with Crippen LogP contribution in [0.15, 0.2) is 102 Å². The van der Waals surface area contributed by atoms with Gasteiger partial charge in [0.05, 0.1) is 17.1 Å². The van der Waals surface area contributed by atoms with Crippen LogP contribution in [-0.4, -0.2) is 19.6 Å². The van der Waals surface area contributed by atoms with Gasteiger partial charge in [0, 0.05) is 33.5 Å². The number of phenols is 1. The maximum atomic E-state index is 11.3. The van der Waals surface area contributed by atoms with Crippen molar-refractivity contribution >= 4 is 21.9 Å². The zero-order valence-electron chi connectivity index (χ0n) is 29.6. The molecule has 1 aliphatic carbocycles. The minimum Gasteiger partial charge on any atom is -0.507 e. The van der Waals surface area contributed by atoms with Gasteiger partial charge in [0.25, 0.3) is 0 Å². The molecular formula is C44H43N3O2. The number of pyridine rings is 1. The van der Waals surface area contributed by atoms with Crippen LogP contribution in [0.4, 0.5) is 0 Å². The van der Waals surface area contributed by atoms with E-state index in [1.54, 1.807) is 6.07 Å². The van der Waals surface area contributed by atoms with Gasteiger partial charge in [-0.25, -0.2) is 9.97 Å². The van der Waals surface area contributed by atoms with Crippen molar-refractivity contribution in [1.29, 1.82) is 0 Å². The molecule has 1 N–H and O–H groups in total. The molecule has 1 aliphatic rings. The van der Waals surface area contributed by atoms with Gasteiger partial charge in [0.1, 0.15) is 28.4 Å². The number of phenolic OH excluding ortho intramolecular Hbond substituents is 1. The molecule has 49 heavy (non-hydrogen) atoms. The van der Waals surface area contributed by atoms with Crippen molar-refractivity contribution in [1.82, 2.24) is 14.5 Å². The third kappa shape index (κ3) is 4.58. The van der Waals surface area contributed by atoms with E-state index in [1.165, 1.54) is 16.8 Å². The first-order valence-electron chi connectivity index (χ1n) is 17.4. The Bertz CT molecular complexity index is 2400. The fraction of sp³-hybridized carbons (Fsp3) is 0.273. The number of hydrogen-bond acceptors (Lipinski definition) is 4. The highest BCUT2D eigenvalue weighted by Gasteiger charge is 2.47. The molecule has 0 unspecified atom stereocenters. The second-order valence-electron chi connectivity index (χ2n) is 15.3. The summed E-state index contributed by atoms with van der Waals surface area (Å²) in [4.78, 5) is 10.7. The molecule has 5 heteroatoms. The number of benzene rings is 4. The maximum Gasteiger partial charge on any atom is 0.145 e. The first kappa shape index (κ1) is 31.1. The van der Waals surface area contributed by atoms with Crippen LogP contribution in [0.3, 0.4) is 0 Å². The lowest BCUT2D eigenvalue weighted by atomic mass is 9.56. The van der Waals surface area contributed by atoms with E-state index in [0.29, 0.717) is 11.8 Å². The minimum absolute atomic E-state index is 0.213. The lowest BCUT2D eigenvalue weighted by Crippen LogP contribution is -2.43. The zero-order chi connectivity index (χ0) is 34.4. The fourth-order valence-electron chi connectivity index (χ4n) is 7.81. The molecule has 0 aliphatic heterocycles. The van der Waals surface area contributed by atoms with Crippen LogP contribution in [0.25, 0.3) is 61.7 Å². The molecular weight excluding hydrogens is 603 g/mol. The molecule has 0 amide bonds. The maximum absolute atomic E-state index is 11.3. The topological polar surface area (TPSA) is 64.1 Å². The molecule has 0 saturated carbocycles. The average Bonchev–Trinajstić information content (AvgIpc) is 3.69. The lowest BCUT2D eigenvalue weighted by molar-refractivity contribution is 0.296. The standard InChI is InChI=1S/C44H43N3O2/c1-25(2)28-14-11-15-29(26(3)4)41(28)47-24-35(46-42(47)27-19-22-38-31(23-27)30-13-9-10-18-37(30)49-38)34-21-20-33-40(45-34)39-32(16-12-17-36(39)48)43(5,6)44(33,7)8/h9-26,48H,1-8H3. The van der Waals surface area contributed by atoms with Gasteiger partial charge in [0.2, 0.25) is 0 Å². The van der Waals surface area contributed by atoms with Crippen LogP contribution in [0.1, 0.15) is 89.5 Å². The highest BCUT2D eigenvalue weighted by atomic mass is 16.3. The highest BCUT2D eigenvalue weighted by Crippen LogP contribution is 2.55. The third-order valence-electron chi connectivity index (χ3n) is 11.3. The van der Waals surface area contributed by atoms with Crippen molar-refractivity contribution in [3.63, 3.8) is 0 Å². The van der Waals surface area contributed by atoms with Crippen LogP contribution in [0, 0.1) is 0 Å². The number of fused-ring (bicyclic) bond motifs is 6. The Morgan fingerprint density at radius 1 is 0.653 bits per heavy atom. The van der Waals surface area contributed by atoms with E-state index >= 15 is 0 Å². The van der Waals surface area contributed by atoms with Crippen LogP contribution < -0.4 is 0 Å². The number of para-hydroxylation sites is 2. The summed E-state index contributed by atoms with van der Waals surface area (Å²) in [7, 11) is 0. The van der Waals surface area contributed by atoms with Gasteiger partial charge in [-0.15, -0.1) is 0 Å². The van der Waals surface area contributed by atoms with Gasteiger partial charge in [-0.3, -0.25) is 4.57 Å². The molecule has 0 saturated heterocycles. The molecule has 0 atom stereocenters. The monoisotopic (exact) mass is 645 g/mol. The Morgan fingerprint density at radius 2 is 1.33 bits per heavy atom. The second-order valence-corrected chi connectivity index (χ2v) is 15.3. The largest absolute Gasteiger partial charge is 0.507 e. The highest BCUT2D eigenvalue weighted by molar-refractivity contribution is 6.06. The van der Waals surface area contributed by atoms with E-state index in [2.05, 4.69) is 133 Å². The van der Waals surface area contributed by atoms with Gasteiger partial charge < -0.3 is 9.52 Å². The third-order valence-corrected chi connectivity index (χ3v) is 11.3. The number of furan rings is 1. The van der Waals surface area contributed by atoms with Crippen molar-refractivity contribution in [3.05, 3.63) is 119 Å². The quantitative estimate of drug-likeness (QED) is 0.202. The van der Waals surface area contributed by atoms with Crippen LogP contribution in [0.5, 0.6) is 5.75 Å². The van der Waals surface area contributed by atoms with Crippen LogP contribution >= 0.6 is 0 Å². The molecule has 0 spiro atoms. The van der Waals surface area contributed by atoms with E-state index in [9.17, 15) is 5.11 Å². The Morgan fingerprint density at radius 3 is 2.06 bits per heavy atom. The molecule has 4 aromatic carbocycles. The Labute approximate surface area is 288 Å². The fourth-order valence-corrected chi connectivity index (χ4v) is 7.81. The second kappa shape index (κ2) is 10.9. The van der Waals surface area contributed by atoms with Crippen molar-refractivity contribution in [3.8, 4) is 45.5 Å². The molecule has 246 valence electrons. The lowest BCUT2D eigenvalue weighted by Gasteiger charge is -2.47. The van der Waals surface area contributed by atoms with Gasteiger partial charge in [0.15, 0.2) is 0 Å². The number of hydrogen-bond donors (Lipinski definition) is 1. The summed E-state index contributed by atoms with van der Waals surface area (Å²) in [5, 5.41) is 13.4. The number of imidazole rings is 1. The molecule has 7 aromatic rings. The molecule has 3 heterocycles. The number of aromatic hydroxyl groups is 1. The predicted octanol–water partition coefficient (Wildman–Crippen LogP) is 11.7. The normalized spacial score (nSPS) is 14.9. The molecule has 0 fully saturated rings. The molecule has 3 aromatic heterocycles. The Hall–Kier alpha value is -5.16. The van der Waals surface area contributed by atoms with E-state index in [4.69, 9.17) is 14.4 Å². The molecule has 8 rings (SSSR count). The van der Waals surface area contributed by atoms with E-state index in [0.717, 1.165) is 67.1 Å². The van der Waals surface area contributed by atoms with Crippen LogP contribution in [-0.2, 0) is 10.8 Å². The summed E-state index contributed by atoms with van der Waals surface area (Å²) in [5.74, 6) is 1.71. The summed E-state index contributed by atoms with van der Waals surface area (Å²) in [6, 6.07) is 31.3. The van der Waals surface area contributed by atoms with Crippen molar-refractivity contribution in [2.75, 3.05) is 0 Å². The zero-order valence-corrected chi connectivity index (χ0v) is 29.6.